The van der Waals surface area contributed by atoms with Gasteiger partial charge in [-0.15, -0.1) is 11.8 Å². The maximum Gasteiger partial charge on any atom is 0.117 e. The number of morpholine rings is 1. The van der Waals surface area contributed by atoms with E-state index in [2.05, 4.69) is 27.0 Å². The highest BCUT2D eigenvalue weighted by Crippen LogP contribution is 2.26. The Morgan fingerprint density at radius 1 is 1.12 bits per heavy atom. The predicted octanol–water partition coefficient (Wildman–Crippen LogP) is 4.28. The lowest BCUT2D eigenvalue weighted by Gasteiger charge is -2.33. The zero-order chi connectivity index (χ0) is 17.8. The summed E-state index contributed by atoms with van der Waals surface area (Å²) in [7, 11) is 0. The molecule has 0 radical (unpaired) electrons. The summed E-state index contributed by atoms with van der Waals surface area (Å²) < 4.78 is 5.97. The minimum atomic E-state index is 0.185. The van der Waals surface area contributed by atoms with Crippen molar-refractivity contribution < 1.29 is 4.74 Å². The van der Waals surface area contributed by atoms with Gasteiger partial charge in [-0.25, -0.2) is 9.97 Å². The fourth-order valence-electron chi connectivity index (χ4n) is 3.16. The van der Waals surface area contributed by atoms with Gasteiger partial charge >= 0.3 is 0 Å². The van der Waals surface area contributed by atoms with E-state index in [9.17, 15) is 0 Å². The smallest absolute Gasteiger partial charge is 0.117 e. The third-order valence-corrected chi connectivity index (χ3v) is 5.99. The van der Waals surface area contributed by atoms with Gasteiger partial charge in [0.05, 0.1) is 18.2 Å². The molecule has 1 saturated heterocycles. The molecule has 2 heterocycles. The van der Waals surface area contributed by atoms with Crippen LogP contribution in [0.3, 0.4) is 0 Å². The molecule has 3 aromatic rings. The molecule has 0 bridgehead atoms. The molecule has 4 nitrogen and oxygen atoms in total. The normalized spacial score (nSPS) is 18.3. The third-order valence-electron chi connectivity index (χ3n) is 4.49. The summed E-state index contributed by atoms with van der Waals surface area (Å²) in [6.07, 6.45) is 1.82. The molecule has 1 aromatic heterocycles. The molecule has 4 rings (SSSR count). The van der Waals surface area contributed by atoms with E-state index in [1.165, 1.54) is 5.56 Å². The Morgan fingerprint density at radius 3 is 2.88 bits per heavy atom. The Hall–Kier alpha value is -1.66. The van der Waals surface area contributed by atoms with Gasteiger partial charge in [0.25, 0.3) is 0 Å². The van der Waals surface area contributed by atoms with Crippen molar-refractivity contribution in [2.24, 2.45) is 0 Å². The van der Waals surface area contributed by atoms with Gasteiger partial charge in [-0.1, -0.05) is 48.0 Å². The first kappa shape index (κ1) is 17.7. The number of hydrogen-bond donors (Lipinski definition) is 0. The van der Waals surface area contributed by atoms with Crippen LogP contribution in [0.2, 0.25) is 5.02 Å². The van der Waals surface area contributed by atoms with Gasteiger partial charge in [0, 0.05) is 35.8 Å². The van der Waals surface area contributed by atoms with Gasteiger partial charge < -0.3 is 4.74 Å². The number of aromatic nitrogens is 2. The molecule has 0 aliphatic carbocycles. The fraction of sp³-hybridized carbons (Fsp3) is 0.300. The first-order chi connectivity index (χ1) is 12.8. The van der Waals surface area contributed by atoms with Crippen LogP contribution in [0, 0.1) is 0 Å². The van der Waals surface area contributed by atoms with Gasteiger partial charge in [0.2, 0.25) is 0 Å². The standard InChI is InChI=1S/C20H20ClN3OS/c21-18-7-3-1-5-15(18)11-24-9-10-25-16(12-24)13-26-20-17-6-2-4-8-19(17)22-14-23-20/h1-8,14,16H,9-13H2/t16-/m0/s1. The number of nitrogens with zero attached hydrogens (tertiary/aromatic N) is 3. The molecule has 0 amide bonds. The van der Waals surface area contributed by atoms with E-state index in [0.29, 0.717) is 0 Å². The van der Waals surface area contributed by atoms with Gasteiger partial charge in [-0.05, 0) is 17.7 Å². The Bertz CT molecular complexity index is 886. The number of ether oxygens (including phenoxy) is 1. The summed E-state index contributed by atoms with van der Waals surface area (Å²) in [6, 6.07) is 16.2. The number of benzene rings is 2. The van der Waals surface area contributed by atoms with Crippen molar-refractivity contribution in [3.8, 4) is 0 Å². The molecule has 134 valence electrons. The van der Waals surface area contributed by atoms with Crippen LogP contribution in [-0.4, -0.2) is 46.4 Å². The van der Waals surface area contributed by atoms with E-state index >= 15 is 0 Å². The minimum Gasteiger partial charge on any atom is -0.375 e. The highest BCUT2D eigenvalue weighted by Gasteiger charge is 2.21. The Kier molecular flexibility index (Phi) is 5.70. The molecule has 2 aromatic carbocycles. The van der Waals surface area contributed by atoms with Crippen molar-refractivity contribution in [3.63, 3.8) is 0 Å². The minimum absolute atomic E-state index is 0.185. The zero-order valence-corrected chi connectivity index (χ0v) is 15.9. The molecule has 1 atom stereocenters. The van der Waals surface area contributed by atoms with Crippen LogP contribution in [0.4, 0.5) is 0 Å². The van der Waals surface area contributed by atoms with Crippen molar-refractivity contribution in [2.75, 3.05) is 25.4 Å². The number of para-hydroxylation sites is 1. The summed E-state index contributed by atoms with van der Waals surface area (Å²) in [5, 5.41) is 2.95. The molecule has 26 heavy (non-hydrogen) atoms. The molecule has 1 aliphatic heterocycles. The second-order valence-electron chi connectivity index (χ2n) is 6.33. The van der Waals surface area contributed by atoms with Crippen LogP contribution in [0.15, 0.2) is 59.9 Å². The Morgan fingerprint density at radius 2 is 1.96 bits per heavy atom. The summed E-state index contributed by atoms with van der Waals surface area (Å²) in [6.45, 7) is 3.45. The third kappa shape index (κ3) is 4.18. The van der Waals surface area contributed by atoms with Gasteiger partial charge in [-0.2, -0.15) is 0 Å². The molecule has 1 aliphatic rings. The summed E-state index contributed by atoms with van der Waals surface area (Å²) >= 11 is 8.04. The van der Waals surface area contributed by atoms with Crippen LogP contribution in [0.5, 0.6) is 0 Å². The molecule has 6 heteroatoms. The summed E-state index contributed by atoms with van der Waals surface area (Å²) in [4.78, 5) is 11.2. The summed E-state index contributed by atoms with van der Waals surface area (Å²) in [5.41, 5.74) is 2.15. The van der Waals surface area contributed by atoms with E-state index < -0.39 is 0 Å². The summed E-state index contributed by atoms with van der Waals surface area (Å²) in [5.74, 6) is 0.875. The van der Waals surface area contributed by atoms with Crippen LogP contribution in [-0.2, 0) is 11.3 Å². The van der Waals surface area contributed by atoms with Crippen LogP contribution in [0.1, 0.15) is 5.56 Å². The average molecular weight is 386 g/mol. The number of thioether (sulfide) groups is 1. The van der Waals surface area contributed by atoms with Crippen LogP contribution in [0.25, 0.3) is 10.9 Å². The fourth-order valence-corrected chi connectivity index (χ4v) is 4.35. The van der Waals surface area contributed by atoms with E-state index in [4.69, 9.17) is 16.3 Å². The van der Waals surface area contributed by atoms with Crippen molar-refractivity contribution in [3.05, 3.63) is 65.4 Å². The lowest BCUT2D eigenvalue weighted by Crippen LogP contribution is -2.43. The second kappa shape index (κ2) is 8.35. The monoisotopic (exact) mass is 385 g/mol. The van der Waals surface area contributed by atoms with E-state index in [-0.39, 0.29) is 6.10 Å². The Labute approximate surface area is 162 Å². The molecule has 0 spiro atoms. The van der Waals surface area contributed by atoms with Crippen molar-refractivity contribution >= 4 is 34.3 Å². The maximum atomic E-state index is 6.30. The maximum absolute atomic E-state index is 6.30. The van der Waals surface area contributed by atoms with E-state index in [0.717, 1.165) is 52.9 Å². The zero-order valence-electron chi connectivity index (χ0n) is 14.3. The van der Waals surface area contributed by atoms with Crippen molar-refractivity contribution in [1.82, 2.24) is 14.9 Å². The van der Waals surface area contributed by atoms with E-state index in [1.54, 1.807) is 18.1 Å². The van der Waals surface area contributed by atoms with E-state index in [1.807, 2.05) is 36.4 Å². The molecular formula is C20H20ClN3OS. The quantitative estimate of drug-likeness (QED) is 0.484. The number of hydrogen-bond acceptors (Lipinski definition) is 5. The molecule has 0 unspecified atom stereocenters. The average Bonchev–Trinajstić information content (AvgIpc) is 2.68. The molecule has 1 fully saturated rings. The number of halogens is 1. The Balaban J connectivity index is 1.38. The first-order valence-corrected chi connectivity index (χ1v) is 10.1. The predicted molar refractivity (Wildman–Crippen MR) is 107 cm³/mol. The van der Waals surface area contributed by atoms with Crippen molar-refractivity contribution in [1.29, 1.82) is 0 Å². The highest BCUT2D eigenvalue weighted by atomic mass is 35.5. The van der Waals surface area contributed by atoms with Gasteiger partial charge in [-0.3, -0.25) is 4.90 Å². The lowest BCUT2D eigenvalue weighted by molar-refractivity contribution is -0.0187. The highest BCUT2D eigenvalue weighted by molar-refractivity contribution is 7.99. The second-order valence-corrected chi connectivity index (χ2v) is 7.74. The largest absolute Gasteiger partial charge is 0.375 e. The molecular weight excluding hydrogens is 366 g/mol. The van der Waals surface area contributed by atoms with Gasteiger partial charge in [0.15, 0.2) is 0 Å². The topological polar surface area (TPSA) is 38.2 Å². The SMILES string of the molecule is Clc1ccccc1CN1CCO[C@H](CSc2ncnc3ccccc23)C1. The number of fused-ring (bicyclic) bond motifs is 1. The van der Waals surface area contributed by atoms with Crippen molar-refractivity contribution in [2.45, 2.75) is 17.7 Å². The van der Waals surface area contributed by atoms with Crippen LogP contribution < -0.4 is 0 Å². The van der Waals surface area contributed by atoms with Gasteiger partial charge in [0.1, 0.15) is 11.4 Å². The number of rotatable bonds is 5. The first-order valence-electron chi connectivity index (χ1n) is 8.69. The molecule has 0 N–H and O–H groups in total. The lowest BCUT2D eigenvalue weighted by atomic mass is 10.2. The molecule has 0 saturated carbocycles. The van der Waals surface area contributed by atoms with Crippen LogP contribution >= 0.6 is 23.4 Å².